The molecule has 1 aliphatic heterocycles. The molecule has 3 N–H and O–H groups in total. The van der Waals surface area contributed by atoms with Crippen LogP contribution in [0.3, 0.4) is 0 Å². The van der Waals surface area contributed by atoms with E-state index >= 15 is 0 Å². The average molecular weight is 254 g/mol. The maximum absolute atomic E-state index is 6.13. The van der Waals surface area contributed by atoms with Crippen molar-refractivity contribution < 1.29 is 0 Å². The molecule has 1 heterocycles. The van der Waals surface area contributed by atoms with E-state index in [1.165, 1.54) is 0 Å². The number of hydrogen-bond donors (Lipinski definition) is 2. The van der Waals surface area contributed by atoms with Crippen LogP contribution in [0.4, 0.5) is 5.69 Å². The molecule has 17 heavy (non-hydrogen) atoms. The molecule has 3 nitrogen and oxygen atoms in total. The van der Waals surface area contributed by atoms with Crippen molar-refractivity contribution in [2.45, 2.75) is 18.9 Å². The van der Waals surface area contributed by atoms with Crippen LogP contribution in [0.15, 0.2) is 24.3 Å². The van der Waals surface area contributed by atoms with Crippen LogP contribution in [-0.2, 0) is 0 Å². The Morgan fingerprint density at radius 1 is 1.29 bits per heavy atom. The highest BCUT2D eigenvalue weighted by atomic mass is 35.5. The van der Waals surface area contributed by atoms with E-state index in [1.807, 2.05) is 24.3 Å². The molecule has 0 atom stereocenters. The minimum absolute atomic E-state index is 0.531. The van der Waals surface area contributed by atoms with Gasteiger partial charge in [0.25, 0.3) is 0 Å². The van der Waals surface area contributed by atoms with Crippen LogP contribution in [-0.4, -0.2) is 37.1 Å². The van der Waals surface area contributed by atoms with Gasteiger partial charge in [0.15, 0.2) is 0 Å². The molecule has 1 fully saturated rings. The quantitative estimate of drug-likeness (QED) is 0.864. The van der Waals surface area contributed by atoms with Gasteiger partial charge in [-0.25, -0.2) is 0 Å². The first-order chi connectivity index (χ1) is 8.29. The van der Waals surface area contributed by atoms with Crippen molar-refractivity contribution in [2.75, 3.05) is 31.5 Å². The summed E-state index contributed by atoms with van der Waals surface area (Å²) in [5.74, 6) is 0. The highest BCUT2D eigenvalue weighted by molar-refractivity contribution is 6.33. The molecule has 0 saturated carbocycles. The lowest BCUT2D eigenvalue weighted by Crippen LogP contribution is -2.41. The van der Waals surface area contributed by atoms with E-state index in [-0.39, 0.29) is 0 Å². The Morgan fingerprint density at radius 2 is 2.00 bits per heavy atom. The molecule has 0 unspecified atom stereocenters. The molecule has 0 aliphatic carbocycles. The summed E-state index contributed by atoms with van der Waals surface area (Å²) in [6.07, 6.45) is 2.32. The number of para-hydroxylation sites is 1. The van der Waals surface area contributed by atoms with Gasteiger partial charge in [0, 0.05) is 32.2 Å². The lowest BCUT2D eigenvalue weighted by molar-refractivity contribution is 0.224. The number of nitrogens with two attached hydrogens (primary N) is 1. The molecule has 4 heteroatoms. The summed E-state index contributed by atoms with van der Waals surface area (Å²) < 4.78 is 0. The van der Waals surface area contributed by atoms with Gasteiger partial charge in [0.05, 0.1) is 10.7 Å². The topological polar surface area (TPSA) is 41.3 Å². The SMILES string of the molecule is NCCN1CCC(Nc2ccccc2Cl)CC1. The molecule has 0 bridgehead atoms. The molecule has 1 aliphatic rings. The van der Waals surface area contributed by atoms with Crippen molar-refractivity contribution in [1.82, 2.24) is 4.90 Å². The first-order valence-electron chi connectivity index (χ1n) is 6.23. The zero-order chi connectivity index (χ0) is 12.1. The summed E-state index contributed by atoms with van der Waals surface area (Å²) in [5, 5.41) is 4.32. The Bertz CT molecular complexity index is 348. The molecular formula is C13H20ClN3. The van der Waals surface area contributed by atoms with E-state index < -0.39 is 0 Å². The van der Waals surface area contributed by atoms with E-state index in [9.17, 15) is 0 Å². The smallest absolute Gasteiger partial charge is 0.0637 e. The zero-order valence-corrected chi connectivity index (χ0v) is 10.8. The van der Waals surface area contributed by atoms with Gasteiger partial charge in [-0.3, -0.25) is 0 Å². The summed E-state index contributed by atoms with van der Waals surface area (Å²) in [6, 6.07) is 8.46. The van der Waals surface area contributed by atoms with E-state index in [0.29, 0.717) is 6.04 Å². The van der Waals surface area contributed by atoms with Gasteiger partial charge in [-0.05, 0) is 25.0 Å². The van der Waals surface area contributed by atoms with E-state index in [2.05, 4.69) is 10.2 Å². The summed E-state index contributed by atoms with van der Waals surface area (Å²) in [6.45, 7) is 4.01. The van der Waals surface area contributed by atoms with Crippen molar-refractivity contribution in [1.29, 1.82) is 0 Å². The van der Waals surface area contributed by atoms with E-state index in [0.717, 1.165) is 49.7 Å². The number of likely N-dealkylation sites (tertiary alicyclic amines) is 1. The normalized spacial score (nSPS) is 18.2. The number of rotatable bonds is 4. The standard InChI is InChI=1S/C13H20ClN3/c14-12-3-1-2-4-13(12)16-11-5-8-17(9-6-11)10-7-15/h1-4,11,16H,5-10,15H2. The Kier molecular flexibility index (Phi) is 4.66. The van der Waals surface area contributed by atoms with E-state index in [4.69, 9.17) is 17.3 Å². The number of anilines is 1. The molecule has 1 aromatic rings. The van der Waals surface area contributed by atoms with Crippen LogP contribution in [0.2, 0.25) is 5.02 Å². The van der Waals surface area contributed by atoms with Gasteiger partial charge >= 0.3 is 0 Å². The first kappa shape index (κ1) is 12.7. The third-order valence-corrected chi connectivity index (χ3v) is 3.60. The highest BCUT2D eigenvalue weighted by Crippen LogP contribution is 2.23. The lowest BCUT2D eigenvalue weighted by Gasteiger charge is -2.32. The first-order valence-corrected chi connectivity index (χ1v) is 6.61. The third-order valence-electron chi connectivity index (χ3n) is 3.27. The van der Waals surface area contributed by atoms with Gasteiger partial charge in [0.1, 0.15) is 0 Å². The number of nitrogens with one attached hydrogen (secondary N) is 1. The molecule has 2 rings (SSSR count). The van der Waals surface area contributed by atoms with Gasteiger partial charge < -0.3 is 16.0 Å². The number of nitrogens with zero attached hydrogens (tertiary/aromatic N) is 1. The predicted octanol–water partition coefficient (Wildman–Crippen LogP) is 2.17. The monoisotopic (exact) mass is 253 g/mol. The number of benzene rings is 1. The Hall–Kier alpha value is -0.770. The van der Waals surface area contributed by atoms with Gasteiger partial charge in [-0.15, -0.1) is 0 Å². The van der Waals surface area contributed by atoms with Crippen LogP contribution in [0.25, 0.3) is 0 Å². The van der Waals surface area contributed by atoms with Gasteiger partial charge in [-0.1, -0.05) is 23.7 Å². The van der Waals surface area contributed by atoms with Crippen molar-refractivity contribution in [3.8, 4) is 0 Å². The molecule has 0 aromatic heterocycles. The average Bonchev–Trinajstić information content (AvgIpc) is 2.35. The number of hydrogen-bond acceptors (Lipinski definition) is 3. The maximum atomic E-state index is 6.13. The van der Waals surface area contributed by atoms with Crippen LogP contribution in [0.1, 0.15) is 12.8 Å². The molecule has 1 aromatic carbocycles. The van der Waals surface area contributed by atoms with Crippen LogP contribution in [0.5, 0.6) is 0 Å². The highest BCUT2D eigenvalue weighted by Gasteiger charge is 2.18. The summed E-state index contributed by atoms with van der Waals surface area (Å²) in [7, 11) is 0. The fraction of sp³-hybridized carbons (Fsp3) is 0.538. The molecule has 0 spiro atoms. The largest absolute Gasteiger partial charge is 0.381 e. The summed E-state index contributed by atoms with van der Waals surface area (Å²) in [4.78, 5) is 2.42. The summed E-state index contributed by atoms with van der Waals surface area (Å²) >= 11 is 6.13. The van der Waals surface area contributed by atoms with Gasteiger partial charge in [0.2, 0.25) is 0 Å². The van der Waals surface area contributed by atoms with Crippen LogP contribution < -0.4 is 11.1 Å². The second kappa shape index (κ2) is 6.24. The Morgan fingerprint density at radius 3 is 2.65 bits per heavy atom. The van der Waals surface area contributed by atoms with Crippen molar-refractivity contribution in [3.05, 3.63) is 29.3 Å². The number of halogens is 1. The fourth-order valence-electron chi connectivity index (χ4n) is 2.28. The zero-order valence-electron chi connectivity index (χ0n) is 10.0. The second-order valence-electron chi connectivity index (χ2n) is 4.53. The fourth-order valence-corrected chi connectivity index (χ4v) is 2.47. The third kappa shape index (κ3) is 3.60. The Balaban J connectivity index is 1.84. The minimum atomic E-state index is 0.531. The van der Waals surface area contributed by atoms with Crippen molar-refractivity contribution in [2.24, 2.45) is 5.73 Å². The van der Waals surface area contributed by atoms with Crippen molar-refractivity contribution >= 4 is 17.3 Å². The second-order valence-corrected chi connectivity index (χ2v) is 4.94. The molecule has 0 amide bonds. The van der Waals surface area contributed by atoms with Crippen molar-refractivity contribution in [3.63, 3.8) is 0 Å². The molecule has 94 valence electrons. The number of piperidine rings is 1. The van der Waals surface area contributed by atoms with Crippen LogP contribution >= 0.6 is 11.6 Å². The molecular weight excluding hydrogens is 234 g/mol. The van der Waals surface area contributed by atoms with Gasteiger partial charge in [-0.2, -0.15) is 0 Å². The molecule has 0 radical (unpaired) electrons. The summed E-state index contributed by atoms with van der Waals surface area (Å²) in [5.41, 5.74) is 6.61. The molecule has 1 saturated heterocycles. The Labute approximate surface area is 108 Å². The predicted molar refractivity (Wildman–Crippen MR) is 73.6 cm³/mol. The van der Waals surface area contributed by atoms with Crippen LogP contribution in [0, 0.1) is 0 Å². The lowest BCUT2D eigenvalue weighted by atomic mass is 10.0. The van der Waals surface area contributed by atoms with E-state index in [1.54, 1.807) is 0 Å². The minimum Gasteiger partial charge on any atom is -0.381 e. The maximum Gasteiger partial charge on any atom is 0.0637 e.